The van der Waals surface area contributed by atoms with Crippen molar-refractivity contribution in [2.24, 2.45) is 11.7 Å². The van der Waals surface area contributed by atoms with E-state index in [1.54, 1.807) is 0 Å². The molecule has 0 radical (unpaired) electrons. The van der Waals surface area contributed by atoms with E-state index in [0.717, 1.165) is 24.1 Å². The van der Waals surface area contributed by atoms with Crippen LogP contribution in [0.25, 0.3) is 10.9 Å². The van der Waals surface area contributed by atoms with E-state index < -0.39 is 0 Å². The van der Waals surface area contributed by atoms with Crippen LogP contribution in [0.4, 0.5) is 0 Å². The van der Waals surface area contributed by atoms with Crippen molar-refractivity contribution >= 4 is 26.8 Å². The molecule has 1 unspecified atom stereocenters. The maximum atomic E-state index is 5.81. The highest BCUT2D eigenvalue weighted by molar-refractivity contribution is 9.10. The van der Waals surface area contributed by atoms with Crippen LogP contribution in [0.5, 0.6) is 0 Å². The van der Waals surface area contributed by atoms with Crippen molar-refractivity contribution in [1.29, 1.82) is 0 Å². The molecular formula is C15H20BrN3. The van der Waals surface area contributed by atoms with Crippen LogP contribution >= 0.6 is 15.9 Å². The second-order valence-corrected chi connectivity index (χ2v) is 6.40. The number of rotatable bonds is 3. The fourth-order valence-corrected chi connectivity index (χ4v) is 3.37. The number of likely N-dealkylation sites (tertiary alicyclic amines) is 1. The van der Waals surface area contributed by atoms with Crippen molar-refractivity contribution in [1.82, 2.24) is 9.88 Å². The molecule has 1 fully saturated rings. The molecule has 1 saturated heterocycles. The molecule has 2 heterocycles. The van der Waals surface area contributed by atoms with Gasteiger partial charge in [-0.15, -0.1) is 0 Å². The van der Waals surface area contributed by atoms with Crippen molar-refractivity contribution < 1.29 is 0 Å². The van der Waals surface area contributed by atoms with Crippen LogP contribution in [0.15, 0.2) is 28.9 Å². The van der Waals surface area contributed by atoms with Gasteiger partial charge in [0.05, 0.1) is 0 Å². The molecular weight excluding hydrogens is 302 g/mol. The predicted octanol–water partition coefficient (Wildman–Crippen LogP) is 3.10. The molecule has 1 aliphatic heterocycles. The van der Waals surface area contributed by atoms with Gasteiger partial charge < -0.3 is 10.7 Å². The summed E-state index contributed by atoms with van der Waals surface area (Å²) in [6.45, 7) is 4.16. The highest BCUT2D eigenvalue weighted by atomic mass is 79.9. The van der Waals surface area contributed by atoms with E-state index in [1.165, 1.54) is 35.9 Å². The summed E-state index contributed by atoms with van der Waals surface area (Å²) in [4.78, 5) is 5.89. The van der Waals surface area contributed by atoms with E-state index in [-0.39, 0.29) is 0 Å². The van der Waals surface area contributed by atoms with Gasteiger partial charge in [-0.25, -0.2) is 0 Å². The Hall–Kier alpha value is -0.840. The number of aromatic nitrogens is 1. The van der Waals surface area contributed by atoms with Crippen LogP contribution in [-0.4, -0.2) is 29.5 Å². The quantitative estimate of drug-likeness (QED) is 0.912. The molecule has 0 saturated carbocycles. The zero-order valence-corrected chi connectivity index (χ0v) is 12.6. The molecule has 1 atom stereocenters. The predicted molar refractivity (Wildman–Crippen MR) is 83.1 cm³/mol. The third-order valence-corrected chi connectivity index (χ3v) is 4.55. The van der Waals surface area contributed by atoms with Gasteiger partial charge >= 0.3 is 0 Å². The second kappa shape index (κ2) is 5.65. The number of nitrogens with zero attached hydrogens (tertiary/aromatic N) is 1. The number of piperidine rings is 1. The molecule has 0 aliphatic carbocycles. The fraction of sp³-hybridized carbons (Fsp3) is 0.467. The Kier molecular flexibility index (Phi) is 3.91. The third-order valence-electron chi connectivity index (χ3n) is 4.06. The van der Waals surface area contributed by atoms with Crippen LogP contribution in [0.2, 0.25) is 0 Å². The number of hydrogen-bond donors (Lipinski definition) is 2. The first kappa shape index (κ1) is 13.2. The number of hydrogen-bond acceptors (Lipinski definition) is 2. The summed E-state index contributed by atoms with van der Waals surface area (Å²) in [6.07, 6.45) is 4.70. The first-order chi connectivity index (χ1) is 9.26. The first-order valence-electron chi connectivity index (χ1n) is 6.94. The Morgan fingerprint density at radius 1 is 1.42 bits per heavy atom. The van der Waals surface area contributed by atoms with Gasteiger partial charge in [0.15, 0.2) is 0 Å². The number of benzene rings is 1. The van der Waals surface area contributed by atoms with E-state index in [4.69, 9.17) is 5.73 Å². The van der Waals surface area contributed by atoms with Gasteiger partial charge in [-0.05, 0) is 55.6 Å². The van der Waals surface area contributed by atoms with Gasteiger partial charge in [0.25, 0.3) is 0 Å². The lowest BCUT2D eigenvalue weighted by atomic mass is 9.98. The molecule has 19 heavy (non-hydrogen) atoms. The smallest absolute Gasteiger partial charge is 0.0458 e. The van der Waals surface area contributed by atoms with Crippen LogP contribution in [-0.2, 0) is 6.54 Å². The van der Waals surface area contributed by atoms with E-state index >= 15 is 0 Å². The fourth-order valence-electron chi connectivity index (χ4n) is 3.01. The average Bonchev–Trinajstić information content (AvgIpc) is 2.81. The van der Waals surface area contributed by atoms with Gasteiger partial charge in [0, 0.05) is 34.7 Å². The van der Waals surface area contributed by atoms with E-state index in [1.807, 2.05) is 0 Å². The summed E-state index contributed by atoms with van der Waals surface area (Å²) in [6, 6.07) is 6.40. The molecule has 4 heteroatoms. The summed E-state index contributed by atoms with van der Waals surface area (Å²) in [5.41, 5.74) is 8.41. The number of halogens is 1. The highest BCUT2D eigenvalue weighted by Gasteiger charge is 2.19. The molecule has 3 rings (SSSR count). The minimum absolute atomic E-state index is 0.672. The first-order valence-corrected chi connectivity index (χ1v) is 7.73. The van der Waals surface area contributed by atoms with Gasteiger partial charge in [0.2, 0.25) is 0 Å². The van der Waals surface area contributed by atoms with Crippen LogP contribution in [0, 0.1) is 5.92 Å². The molecule has 102 valence electrons. The molecule has 0 spiro atoms. The number of nitrogens with one attached hydrogen (secondary N) is 1. The van der Waals surface area contributed by atoms with Crippen molar-refractivity contribution in [3.05, 3.63) is 34.4 Å². The highest BCUT2D eigenvalue weighted by Crippen LogP contribution is 2.25. The SMILES string of the molecule is NCC1CCCN(Cc2c[nH]c3ccc(Br)cc23)C1. The summed E-state index contributed by atoms with van der Waals surface area (Å²) in [7, 11) is 0. The van der Waals surface area contributed by atoms with Crippen molar-refractivity contribution in [2.75, 3.05) is 19.6 Å². The average molecular weight is 322 g/mol. The van der Waals surface area contributed by atoms with Crippen LogP contribution in [0.1, 0.15) is 18.4 Å². The molecule has 3 nitrogen and oxygen atoms in total. The zero-order chi connectivity index (χ0) is 13.2. The molecule has 1 aromatic carbocycles. The lowest BCUT2D eigenvalue weighted by Crippen LogP contribution is -2.37. The van der Waals surface area contributed by atoms with E-state index in [0.29, 0.717) is 5.92 Å². The van der Waals surface area contributed by atoms with E-state index in [2.05, 4.69) is 50.2 Å². The summed E-state index contributed by atoms with van der Waals surface area (Å²) < 4.78 is 1.14. The van der Waals surface area contributed by atoms with Crippen LogP contribution in [0.3, 0.4) is 0 Å². The third kappa shape index (κ3) is 2.86. The molecule has 0 bridgehead atoms. The lowest BCUT2D eigenvalue weighted by molar-refractivity contribution is 0.171. The summed E-state index contributed by atoms with van der Waals surface area (Å²) in [5, 5.41) is 1.32. The standard InChI is InChI=1S/C15H20BrN3/c16-13-3-4-15-14(6-13)12(8-18-15)10-19-5-1-2-11(7-17)9-19/h3-4,6,8,11,18H,1-2,5,7,9-10,17H2. The molecule has 2 aromatic rings. The second-order valence-electron chi connectivity index (χ2n) is 5.48. The summed E-state index contributed by atoms with van der Waals surface area (Å²) in [5.74, 6) is 0.672. The van der Waals surface area contributed by atoms with Gasteiger partial charge in [0.1, 0.15) is 0 Å². The molecule has 1 aliphatic rings. The monoisotopic (exact) mass is 321 g/mol. The largest absolute Gasteiger partial charge is 0.361 e. The van der Waals surface area contributed by atoms with Crippen molar-refractivity contribution in [3.63, 3.8) is 0 Å². The van der Waals surface area contributed by atoms with Gasteiger partial charge in [-0.2, -0.15) is 0 Å². The molecule has 1 aromatic heterocycles. The normalized spacial score (nSPS) is 21.1. The Morgan fingerprint density at radius 2 is 2.32 bits per heavy atom. The minimum atomic E-state index is 0.672. The lowest BCUT2D eigenvalue weighted by Gasteiger charge is -2.31. The Bertz CT molecular complexity index is 564. The zero-order valence-electron chi connectivity index (χ0n) is 11.0. The van der Waals surface area contributed by atoms with Gasteiger partial charge in [-0.1, -0.05) is 15.9 Å². The maximum Gasteiger partial charge on any atom is 0.0458 e. The number of aromatic amines is 1. The van der Waals surface area contributed by atoms with E-state index in [9.17, 15) is 0 Å². The Morgan fingerprint density at radius 3 is 3.16 bits per heavy atom. The Labute approximate surface area is 122 Å². The Balaban J connectivity index is 1.79. The maximum absolute atomic E-state index is 5.81. The van der Waals surface area contributed by atoms with Gasteiger partial charge in [-0.3, -0.25) is 4.90 Å². The topological polar surface area (TPSA) is 45.0 Å². The number of H-pyrrole nitrogens is 1. The number of nitrogens with two attached hydrogens (primary N) is 1. The summed E-state index contributed by atoms with van der Waals surface area (Å²) >= 11 is 3.55. The van der Waals surface area contributed by atoms with Crippen LogP contribution < -0.4 is 5.73 Å². The number of fused-ring (bicyclic) bond motifs is 1. The molecule has 0 amide bonds. The van der Waals surface area contributed by atoms with Crippen molar-refractivity contribution in [3.8, 4) is 0 Å². The van der Waals surface area contributed by atoms with Crippen molar-refractivity contribution in [2.45, 2.75) is 19.4 Å². The minimum Gasteiger partial charge on any atom is -0.361 e. The molecule has 3 N–H and O–H groups in total.